The zero-order chi connectivity index (χ0) is 24.1. The summed E-state index contributed by atoms with van der Waals surface area (Å²) in [4.78, 5) is 29.5. The summed E-state index contributed by atoms with van der Waals surface area (Å²) >= 11 is 0. The van der Waals surface area contributed by atoms with E-state index in [1.165, 1.54) is 7.11 Å². The van der Waals surface area contributed by atoms with Gasteiger partial charge in [0, 0.05) is 18.0 Å². The maximum Gasteiger partial charge on any atom is 0.251 e. The van der Waals surface area contributed by atoms with Gasteiger partial charge >= 0.3 is 0 Å². The van der Waals surface area contributed by atoms with Crippen LogP contribution in [0.1, 0.15) is 27.2 Å². The minimum atomic E-state index is -0.375. The molecule has 174 valence electrons. The molecule has 0 atom stereocenters. The van der Waals surface area contributed by atoms with Crippen LogP contribution in [-0.4, -0.2) is 34.9 Å². The third-order valence-corrected chi connectivity index (χ3v) is 5.25. The molecule has 4 rings (SSSR count). The number of amides is 2. The predicted octanol–water partition coefficient (Wildman–Crippen LogP) is 3.91. The lowest BCUT2D eigenvalue weighted by atomic mass is 10.2. The second-order valence-electron chi connectivity index (χ2n) is 7.91. The number of imidazole rings is 1. The molecule has 2 N–H and O–H groups in total. The van der Waals surface area contributed by atoms with Gasteiger partial charge in [-0.1, -0.05) is 18.2 Å². The minimum Gasteiger partial charge on any atom is -0.495 e. The van der Waals surface area contributed by atoms with Crippen LogP contribution in [0.2, 0.25) is 0 Å². The number of pyridine rings is 1. The number of nitrogens with one attached hydrogen (secondary N) is 2. The van der Waals surface area contributed by atoms with Gasteiger partial charge in [0.2, 0.25) is 5.91 Å². The van der Waals surface area contributed by atoms with E-state index in [9.17, 15) is 9.59 Å². The number of aryl methyl sites for hydroxylation is 2. The lowest BCUT2D eigenvalue weighted by Gasteiger charge is -2.12. The molecule has 2 amide bonds. The number of anilines is 1. The van der Waals surface area contributed by atoms with Crippen LogP contribution in [0.5, 0.6) is 11.5 Å². The summed E-state index contributed by atoms with van der Waals surface area (Å²) < 4.78 is 13.1. The van der Waals surface area contributed by atoms with Crippen LogP contribution in [0.4, 0.5) is 5.69 Å². The number of carbonyl (C=O) groups is 2. The number of fused-ring (bicyclic) bond motifs is 1. The summed E-state index contributed by atoms with van der Waals surface area (Å²) in [6.07, 6.45) is 3.86. The van der Waals surface area contributed by atoms with Crippen molar-refractivity contribution >= 4 is 23.1 Å². The van der Waals surface area contributed by atoms with Gasteiger partial charge in [0.15, 0.2) is 0 Å². The number of hydrogen-bond acceptors (Lipinski definition) is 5. The number of carbonyl (C=O) groups excluding carboxylic acids is 2. The first-order valence-electron chi connectivity index (χ1n) is 10.8. The van der Waals surface area contributed by atoms with E-state index in [4.69, 9.17) is 9.47 Å². The molecule has 4 aromatic rings. The Labute approximate surface area is 197 Å². The molecule has 2 heterocycles. The Morgan fingerprint density at radius 2 is 1.91 bits per heavy atom. The van der Waals surface area contributed by atoms with E-state index in [2.05, 4.69) is 15.6 Å². The smallest absolute Gasteiger partial charge is 0.251 e. The molecule has 0 fully saturated rings. The zero-order valence-electron chi connectivity index (χ0n) is 19.3. The van der Waals surface area contributed by atoms with E-state index in [1.54, 1.807) is 30.3 Å². The third kappa shape index (κ3) is 5.35. The molecule has 8 nitrogen and oxygen atoms in total. The molecule has 2 aromatic carbocycles. The topological polar surface area (TPSA) is 94.0 Å². The van der Waals surface area contributed by atoms with Crippen LogP contribution in [0.15, 0.2) is 67.0 Å². The van der Waals surface area contributed by atoms with Crippen LogP contribution in [0.3, 0.4) is 0 Å². The number of hydrogen-bond donors (Lipinski definition) is 2. The number of rotatable bonds is 8. The van der Waals surface area contributed by atoms with E-state index in [-0.39, 0.29) is 25.0 Å². The van der Waals surface area contributed by atoms with Gasteiger partial charge in [-0.2, -0.15) is 0 Å². The van der Waals surface area contributed by atoms with E-state index >= 15 is 0 Å². The molecule has 8 heteroatoms. The van der Waals surface area contributed by atoms with Gasteiger partial charge in [0.1, 0.15) is 23.8 Å². The maximum absolute atomic E-state index is 12.6. The normalized spacial score (nSPS) is 10.7. The Balaban J connectivity index is 1.33. The van der Waals surface area contributed by atoms with Gasteiger partial charge in [-0.25, -0.2) is 4.98 Å². The molecular formula is C26H26N4O4. The van der Waals surface area contributed by atoms with Crippen LogP contribution < -0.4 is 20.1 Å². The Bertz CT molecular complexity index is 1350. The van der Waals surface area contributed by atoms with Crippen molar-refractivity contribution in [3.63, 3.8) is 0 Å². The Hall–Kier alpha value is -4.33. The molecule has 0 unspecified atom stereocenters. The molecule has 2 aromatic heterocycles. The molecule has 0 saturated carbocycles. The predicted molar refractivity (Wildman–Crippen MR) is 129 cm³/mol. The highest BCUT2D eigenvalue weighted by atomic mass is 16.5. The molecule has 0 radical (unpaired) electrons. The summed E-state index contributed by atoms with van der Waals surface area (Å²) in [5.41, 5.74) is 4.68. The average Bonchev–Trinajstić information content (AvgIpc) is 3.26. The first-order chi connectivity index (χ1) is 16.4. The second kappa shape index (κ2) is 10.1. The van der Waals surface area contributed by atoms with Crippen molar-refractivity contribution in [2.24, 2.45) is 0 Å². The summed E-state index contributed by atoms with van der Waals surface area (Å²) in [5.74, 6) is 0.359. The van der Waals surface area contributed by atoms with Crippen molar-refractivity contribution < 1.29 is 19.1 Å². The summed E-state index contributed by atoms with van der Waals surface area (Å²) in [5, 5.41) is 5.39. The van der Waals surface area contributed by atoms with Crippen molar-refractivity contribution in [3.05, 3.63) is 89.4 Å². The average molecular weight is 459 g/mol. The van der Waals surface area contributed by atoms with Gasteiger partial charge in [0.05, 0.1) is 25.0 Å². The fourth-order valence-corrected chi connectivity index (χ4v) is 3.53. The van der Waals surface area contributed by atoms with Crippen molar-refractivity contribution in [2.45, 2.75) is 20.5 Å². The first kappa shape index (κ1) is 22.8. The first-order valence-corrected chi connectivity index (χ1v) is 10.8. The highest BCUT2D eigenvalue weighted by Gasteiger charge is 2.12. The largest absolute Gasteiger partial charge is 0.495 e. The third-order valence-electron chi connectivity index (χ3n) is 5.25. The van der Waals surface area contributed by atoms with Crippen LogP contribution >= 0.6 is 0 Å². The van der Waals surface area contributed by atoms with E-state index in [0.717, 1.165) is 22.5 Å². The Morgan fingerprint density at radius 1 is 1.06 bits per heavy atom. The van der Waals surface area contributed by atoms with E-state index in [0.29, 0.717) is 22.7 Å². The zero-order valence-corrected chi connectivity index (χ0v) is 19.3. The number of methoxy groups -OCH3 is 1. The van der Waals surface area contributed by atoms with Gasteiger partial charge in [-0.05, 0) is 61.4 Å². The number of benzene rings is 2. The van der Waals surface area contributed by atoms with Crippen LogP contribution in [0.25, 0.3) is 5.65 Å². The van der Waals surface area contributed by atoms with Gasteiger partial charge in [-0.15, -0.1) is 0 Å². The number of ether oxygens (including phenoxy) is 2. The minimum absolute atomic E-state index is 0.179. The summed E-state index contributed by atoms with van der Waals surface area (Å²) in [6.45, 7) is 4.02. The maximum atomic E-state index is 12.6. The van der Waals surface area contributed by atoms with Crippen LogP contribution in [-0.2, 0) is 11.4 Å². The van der Waals surface area contributed by atoms with Gasteiger partial charge in [0.25, 0.3) is 5.91 Å². The standard InChI is InChI=1S/C26H26N4O4/c1-17-9-10-23(33-3)22(12-17)29-24(31)14-27-26(32)19-7-4-8-21(13-19)34-16-20-15-30-11-5-6-18(2)25(30)28-20/h4-13,15H,14,16H2,1-3H3,(H,27,32)(H,29,31). The molecule has 0 bridgehead atoms. The monoisotopic (exact) mass is 458 g/mol. The molecule has 34 heavy (non-hydrogen) atoms. The van der Waals surface area contributed by atoms with Crippen LogP contribution in [0, 0.1) is 13.8 Å². The molecule has 0 saturated heterocycles. The lowest BCUT2D eigenvalue weighted by molar-refractivity contribution is -0.115. The fourth-order valence-electron chi connectivity index (χ4n) is 3.53. The van der Waals surface area contributed by atoms with Crippen molar-refractivity contribution in [3.8, 4) is 11.5 Å². The summed E-state index contributed by atoms with van der Waals surface area (Å²) in [6, 6.07) is 16.3. The molecule has 0 aliphatic carbocycles. The highest BCUT2D eigenvalue weighted by Crippen LogP contribution is 2.25. The fraction of sp³-hybridized carbons (Fsp3) is 0.192. The molecule has 0 aliphatic rings. The Kier molecular flexibility index (Phi) is 6.77. The van der Waals surface area contributed by atoms with Gasteiger partial charge in [-0.3, -0.25) is 9.59 Å². The molecule has 0 spiro atoms. The molecule has 0 aliphatic heterocycles. The number of nitrogens with zero attached hydrogens (tertiary/aromatic N) is 2. The SMILES string of the molecule is COc1ccc(C)cc1NC(=O)CNC(=O)c1cccc(OCc2cn3cccc(C)c3n2)c1. The van der Waals surface area contributed by atoms with Crippen molar-refractivity contribution in [2.75, 3.05) is 19.0 Å². The second-order valence-corrected chi connectivity index (χ2v) is 7.91. The van der Waals surface area contributed by atoms with Crippen molar-refractivity contribution in [1.29, 1.82) is 0 Å². The van der Waals surface area contributed by atoms with E-state index < -0.39 is 0 Å². The summed E-state index contributed by atoms with van der Waals surface area (Å²) in [7, 11) is 1.53. The number of aromatic nitrogens is 2. The highest BCUT2D eigenvalue weighted by molar-refractivity contribution is 6.00. The molecular weight excluding hydrogens is 432 g/mol. The van der Waals surface area contributed by atoms with E-state index in [1.807, 2.05) is 54.9 Å². The Morgan fingerprint density at radius 3 is 2.71 bits per heavy atom. The quantitative estimate of drug-likeness (QED) is 0.418. The lowest BCUT2D eigenvalue weighted by Crippen LogP contribution is -2.32. The van der Waals surface area contributed by atoms with Crippen molar-refractivity contribution in [1.82, 2.24) is 14.7 Å². The van der Waals surface area contributed by atoms with Gasteiger partial charge < -0.3 is 24.5 Å².